The Kier molecular flexibility index (Phi) is 4.10. The molecule has 0 amide bonds. The maximum absolute atomic E-state index is 8.87. The van der Waals surface area contributed by atoms with E-state index in [-0.39, 0.29) is 10.8 Å². The van der Waals surface area contributed by atoms with E-state index >= 15 is 0 Å². The van der Waals surface area contributed by atoms with Gasteiger partial charge in [0.1, 0.15) is 0 Å². The van der Waals surface area contributed by atoms with Crippen LogP contribution in [0.3, 0.4) is 0 Å². The predicted molar refractivity (Wildman–Crippen MR) is 102 cm³/mol. The SMILES string of the molecule is CC1(C)CCC(C)(C)c2cc(C=Cc3ccc(C#N)cc3)ccc21. The van der Waals surface area contributed by atoms with Crippen molar-refractivity contribution >= 4 is 12.2 Å². The van der Waals surface area contributed by atoms with E-state index in [1.165, 1.54) is 29.5 Å². The monoisotopic (exact) mass is 315 g/mol. The van der Waals surface area contributed by atoms with Crippen molar-refractivity contribution in [2.75, 3.05) is 0 Å². The van der Waals surface area contributed by atoms with Gasteiger partial charge in [0.05, 0.1) is 11.6 Å². The molecule has 0 atom stereocenters. The molecule has 0 saturated carbocycles. The van der Waals surface area contributed by atoms with Gasteiger partial charge in [-0.15, -0.1) is 0 Å². The average molecular weight is 315 g/mol. The molecule has 3 rings (SSSR count). The van der Waals surface area contributed by atoms with Crippen LogP contribution in [-0.2, 0) is 10.8 Å². The van der Waals surface area contributed by atoms with Crippen LogP contribution in [0.1, 0.15) is 68.4 Å². The summed E-state index contributed by atoms with van der Waals surface area (Å²) < 4.78 is 0. The minimum absolute atomic E-state index is 0.239. The van der Waals surface area contributed by atoms with Gasteiger partial charge in [-0.3, -0.25) is 0 Å². The first-order chi connectivity index (χ1) is 11.3. The second-order valence-electron chi connectivity index (χ2n) is 8.14. The van der Waals surface area contributed by atoms with Gasteiger partial charge in [0, 0.05) is 0 Å². The summed E-state index contributed by atoms with van der Waals surface area (Å²) in [4.78, 5) is 0. The van der Waals surface area contributed by atoms with Gasteiger partial charge in [-0.25, -0.2) is 0 Å². The molecule has 1 nitrogen and oxygen atoms in total. The van der Waals surface area contributed by atoms with E-state index in [9.17, 15) is 0 Å². The zero-order chi connectivity index (χ0) is 17.4. The largest absolute Gasteiger partial charge is 0.192 e. The first kappa shape index (κ1) is 16.5. The molecular weight excluding hydrogens is 290 g/mol. The molecule has 0 saturated heterocycles. The molecule has 1 aliphatic rings. The van der Waals surface area contributed by atoms with Crippen molar-refractivity contribution in [3.8, 4) is 6.07 Å². The number of fused-ring (bicyclic) bond motifs is 1. The van der Waals surface area contributed by atoms with Gasteiger partial charge < -0.3 is 0 Å². The molecule has 1 heteroatoms. The molecular formula is C23H25N. The lowest BCUT2D eigenvalue weighted by atomic mass is 9.63. The maximum Gasteiger partial charge on any atom is 0.0991 e. The maximum atomic E-state index is 8.87. The van der Waals surface area contributed by atoms with Gasteiger partial charge in [-0.05, 0) is 58.1 Å². The summed E-state index contributed by atoms with van der Waals surface area (Å²) in [5.74, 6) is 0. The van der Waals surface area contributed by atoms with Crippen LogP contribution in [0, 0.1) is 11.3 Å². The third-order valence-corrected chi connectivity index (χ3v) is 5.38. The smallest absolute Gasteiger partial charge is 0.0991 e. The molecule has 0 heterocycles. The molecule has 0 radical (unpaired) electrons. The Morgan fingerprint density at radius 3 is 1.96 bits per heavy atom. The Morgan fingerprint density at radius 1 is 0.792 bits per heavy atom. The van der Waals surface area contributed by atoms with Crippen LogP contribution in [0.2, 0.25) is 0 Å². The molecule has 0 fully saturated rings. The third kappa shape index (κ3) is 3.15. The fraction of sp³-hybridized carbons (Fsp3) is 0.348. The lowest BCUT2D eigenvalue weighted by Gasteiger charge is -2.42. The highest BCUT2D eigenvalue weighted by Crippen LogP contribution is 2.45. The topological polar surface area (TPSA) is 23.8 Å². The van der Waals surface area contributed by atoms with Crippen LogP contribution < -0.4 is 0 Å². The Morgan fingerprint density at radius 2 is 1.33 bits per heavy atom. The second kappa shape index (κ2) is 5.95. The number of nitriles is 1. The summed E-state index contributed by atoms with van der Waals surface area (Å²) in [6, 6.07) is 16.7. The number of hydrogen-bond acceptors (Lipinski definition) is 1. The molecule has 24 heavy (non-hydrogen) atoms. The van der Waals surface area contributed by atoms with Gasteiger partial charge >= 0.3 is 0 Å². The third-order valence-electron chi connectivity index (χ3n) is 5.38. The fourth-order valence-corrected chi connectivity index (χ4v) is 3.57. The second-order valence-corrected chi connectivity index (χ2v) is 8.14. The van der Waals surface area contributed by atoms with Gasteiger partial charge in [-0.1, -0.05) is 70.2 Å². The molecule has 1 aliphatic carbocycles. The van der Waals surface area contributed by atoms with Gasteiger partial charge in [0.25, 0.3) is 0 Å². The minimum atomic E-state index is 0.239. The van der Waals surface area contributed by atoms with Crippen LogP contribution in [0.25, 0.3) is 12.2 Å². The van der Waals surface area contributed by atoms with Crippen LogP contribution in [0.15, 0.2) is 42.5 Å². The van der Waals surface area contributed by atoms with Crippen LogP contribution in [0.5, 0.6) is 0 Å². The molecule has 0 N–H and O–H groups in total. The van der Waals surface area contributed by atoms with Crippen molar-refractivity contribution in [1.29, 1.82) is 5.26 Å². The minimum Gasteiger partial charge on any atom is -0.192 e. The van der Waals surface area contributed by atoms with Crippen molar-refractivity contribution in [3.63, 3.8) is 0 Å². The van der Waals surface area contributed by atoms with Crippen molar-refractivity contribution in [3.05, 3.63) is 70.3 Å². The number of rotatable bonds is 2. The Bertz CT molecular complexity index is 814. The van der Waals surface area contributed by atoms with Crippen LogP contribution >= 0.6 is 0 Å². The van der Waals surface area contributed by atoms with Crippen molar-refractivity contribution in [2.24, 2.45) is 0 Å². The van der Waals surface area contributed by atoms with E-state index in [0.29, 0.717) is 5.56 Å². The molecule has 2 aromatic carbocycles. The Hall–Kier alpha value is -2.33. The van der Waals surface area contributed by atoms with E-state index in [1.54, 1.807) is 0 Å². The predicted octanol–water partition coefficient (Wildman–Crippen LogP) is 6.08. The highest BCUT2D eigenvalue weighted by atomic mass is 14.4. The summed E-state index contributed by atoms with van der Waals surface area (Å²) in [5, 5.41) is 8.87. The molecule has 0 unspecified atom stereocenters. The molecule has 0 aliphatic heterocycles. The van der Waals surface area contributed by atoms with E-state index in [1.807, 2.05) is 24.3 Å². The van der Waals surface area contributed by atoms with Gasteiger partial charge in [0.15, 0.2) is 0 Å². The number of benzene rings is 2. The van der Waals surface area contributed by atoms with Crippen molar-refractivity contribution < 1.29 is 0 Å². The summed E-state index contributed by atoms with van der Waals surface area (Å²) >= 11 is 0. The fourth-order valence-electron chi connectivity index (χ4n) is 3.57. The summed E-state index contributed by atoms with van der Waals surface area (Å²) in [5.41, 5.74) is 6.54. The zero-order valence-electron chi connectivity index (χ0n) is 15.1. The normalized spacial score (nSPS) is 18.1. The molecule has 122 valence electrons. The lowest BCUT2D eigenvalue weighted by Crippen LogP contribution is -2.33. The lowest BCUT2D eigenvalue weighted by molar-refractivity contribution is 0.332. The summed E-state index contributed by atoms with van der Waals surface area (Å²) in [7, 11) is 0. The number of nitrogens with zero attached hydrogens (tertiary/aromatic N) is 1. The van der Waals surface area contributed by atoms with Crippen LogP contribution in [0.4, 0.5) is 0 Å². The van der Waals surface area contributed by atoms with E-state index in [4.69, 9.17) is 5.26 Å². The van der Waals surface area contributed by atoms with Gasteiger partial charge in [-0.2, -0.15) is 5.26 Å². The molecule has 0 spiro atoms. The van der Waals surface area contributed by atoms with E-state index < -0.39 is 0 Å². The first-order valence-electron chi connectivity index (χ1n) is 8.65. The van der Waals surface area contributed by atoms with E-state index in [2.05, 4.69) is 64.1 Å². The summed E-state index contributed by atoms with van der Waals surface area (Å²) in [6.07, 6.45) is 6.76. The highest BCUT2D eigenvalue weighted by molar-refractivity contribution is 5.70. The highest BCUT2D eigenvalue weighted by Gasteiger charge is 2.36. The van der Waals surface area contributed by atoms with Gasteiger partial charge in [0.2, 0.25) is 0 Å². The van der Waals surface area contributed by atoms with E-state index in [0.717, 1.165) is 5.56 Å². The molecule has 0 bridgehead atoms. The average Bonchev–Trinajstić information content (AvgIpc) is 2.58. The van der Waals surface area contributed by atoms with Crippen molar-refractivity contribution in [2.45, 2.75) is 51.4 Å². The molecule has 2 aromatic rings. The van der Waals surface area contributed by atoms with Crippen LogP contribution in [-0.4, -0.2) is 0 Å². The molecule has 0 aromatic heterocycles. The Labute approximate surface area is 145 Å². The standard InChI is InChI=1S/C23H25N/c1-22(2)13-14-23(3,4)21-15-18(11-12-20(21)22)8-5-17-6-9-19(16-24)10-7-17/h5-12,15H,13-14H2,1-4H3. The Balaban J connectivity index is 1.93. The van der Waals surface area contributed by atoms with Crippen molar-refractivity contribution in [1.82, 2.24) is 0 Å². The zero-order valence-corrected chi connectivity index (χ0v) is 15.1. The quantitative estimate of drug-likeness (QED) is 0.616. The first-order valence-corrected chi connectivity index (χ1v) is 8.65. The summed E-state index contributed by atoms with van der Waals surface area (Å²) in [6.45, 7) is 9.42. The number of hydrogen-bond donors (Lipinski definition) is 0.